The fourth-order valence-corrected chi connectivity index (χ4v) is 3.29. The normalized spacial score (nSPS) is 11.8. The Bertz CT molecular complexity index is 1120. The van der Waals surface area contributed by atoms with Gasteiger partial charge in [0.05, 0.1) is 5.39 Å². The largest absolute Gasteiger partial charge is 0.366 e. The summed E-state index contributed by atoms with van der Waals surface area (Å²) in [5.74, 6) is 0.812. The molecule has 4 aromatic rings. The van der Waals surface area contributed by atoms with E-state index in [0.29, 0.717) is 5.11 Å². The number of aromatic amines is 1. The molecule has 7 heteroatoms. The molecule has 6 nitrogen and oxygen atoms in total. The molecule has 4 N–H and O–H groups in total. The van der Waals surface area contributed by atoms with E-state index in [1.165, 1.54) is 5.56 Å². The number of benzene rings is 2. The maximum Gasteiger partial charge on any atom is 0.170 e. The molecule has 0 amide bonds. The maximum absolute atomic E-state index is 5.14. The number of hydrogen-bond donors (Lipinski definition) is 4. The summed E-state index contributed by atoms with van der Waals surface area (Å²) in [5.41, 5.74) is 4.99. The molecule has 0 bridgehead atoms. The fourth-order valence-electron chi connectivity index (χ4n) is 3.17. The van der Waals surface area contributed by atoms with Gasteiger partial charge in [0, 0.05) is 24.5 Å². The van der Waals surface area contributed by atoms with Crippen molar-refractivity contribution in [3.63, 3.8) is 0 Å². The molecule has 146 valence electrons. The Morgan fingerprint density at radius 2 is 1.79 bits per heavy atom. The van der Waals surface area contributed by atoms with Gasteiger partial charge in [-0.2, -0.15) is 0 Å². The number of nitrogens with zero attached hydrogens (tertiary/aromatic N) is 2. The maximum atomic E-state index is 5.14. The Hall–Kier alpha value is -3.45. The van der Waals surface area contributed by atoms with Gasteiger partial charge in [0.25, 0.3) is 0 Å². The first-order valence-electron chi connectivity index (χ1n) is 9.38. The highest BCUT2D eigenvalue weighted by Gasteiger charge is 2.12. The highest BCUT2D eigenvalue weighted by Crippen LogP contribution is 2.29. The van der Waals surface area contributed by atoms with Gasteiger partial charge in [-0.05, 0) is 48.5 Å². The summed E-state index contributed by atoms with van der Waals surface area (Å²) in [4.78, 5) is 12.2. The summed E-state index contributed by atoms with van der Waals surface area (Å²) in [7, 11) is 1.79. The summed E-state index contributed by atoms with van der Waals surface area (Å²) in [6, 6.07) is 20.6. The molecule has 2 heterocycles. The number of anilines is 2. The first-order valence-corrected chi connectivity index (χ1v) is 9.79. The van der Waals surface area contributed by atoms with Crippen LogP contribution in [-0.2, 0) is 0 Å². The molecule has 0 spiro atoms. The average molecular weight is 403 g/mol. The van der Waals surface area contributed by atoms with Gasteiger partial charge in [0.2, 0.25) is 0 Å². The van der Waals surface area contributed by atoms with Crippen molar-refractivity contribution in [2.45, 2.75) is 13.0 Å². The van der Waals surface area contributed by atoms with Crippen LogP contribution in [0.2, 0.25) is 0 Å². The molecule has 0 fully saturated rings. The predicted octanol–water partition coefficient (Wildman–Crippen LogP) is 4.71. The Morgan fingerprint density at radius 3 is 2.52 bits per heavy atom. The Kier molecular flexibility index (Phi) is 5.39. The van der Waals surface area contributed by atoms with E-state index >= 15 is 0 Å². The number of hydrogen-bond acceptors (Lipinski definition) is 4. The minimum absolute atomic E-state index is 0.133. The first kappa shape index (κ1) is 18.9. The SMILES string of the molecule is CNC(=S)Nc1ccc(-c2cc3c(N[C@H](C)c4ccccc4)ncnc3[nH]2)cc1. The molecule has 0 radical (unpaired) electrons. The molecule has 2 aromatic heterocycles. The van der Waals surface area contributed by atoms with E-state index in [9.17, 15) is 0 Å². The highest BCUT2D eigenvalue weighted by molar-refractivity contribution is 7.80. The van der Waals surface area contributed by atoms with Crippen LogP contribution < -0.4 is 16.0 Å². The van der Waals surface area contributed by atoms with E-state index in [-0.39, 0.29) is 6.04 Å². The molecule has 0 saturated heterocycles. The van der Waals surface area contributed by atoms with Crippen LogP contribution in [0.3, 0.4) is 0 Å². The number of fused-ring (bicyclic) bond motifs is 1. The second kappa shape index (κ2) is 8.28. The third-order valence-corrected chi connectivity index (χ3v) is 5.07. The van der Waals surface area contributed by atoms with Gasteiger partial charge in [-0.3, -0.25) is 0 Å². The van der Waals surface area contributed by atoms with Gasteiger partial charge < -0.3 is 20.9 Å². The summed E-state index contributed by atoms with van der Waals surface area (Å²) >= 11 is 5.14. The Labute approximate surface area is 174 Å². The molecule has 1 atom stereocenters. The molecule has 29 heavy (non-hydrogen) atoms. The van der Waals surface area contributed by atoms with Gasteiger partial charge in [-0.15, -0.1) is 0 Å². The van der Waals surface area contributed by atoms with E-state index in [1.807, 2.05) is 42.5 Å². The number of aromatic nitrogens is 3. The zero-order chi connectivity index (χ0) is 20.2. The van der Waals surface area contributed by atoms with Crippen LogP contribution >= 0.6 is 12.2 Å². The second-order valence-electron chi connectivity index (χ2n) is 6.73. The number of thiocarbonyl (C=S) groups is 1. The predicted molar refractivity (Wildman–Crippen MR) is 123 cm³/mol. The van der Waals surface area contributed by atoms with Crippen molar-refractivity contribution in [1.82, 2.24) is 20.3 Å². The van der Waals surface area contributed by atoms with Gasteiger partial charge >= 0.3 is 0 Å². The molecule has 0 saturated carbocycles. The molecule has 0 unspecified atom stereocenters. The van der Waals surface area contributed by atoms with Gasteiger partial charge in [0.1, 0.15) is 17.8 Å². The molecule has 0 aliphatic carbocycles. The zero-order valence-electron chi connectivity index (χ0n) is 16.2. The lowest BCUT2D eigenvalue weighted by atomic mass is 10.1. The van der Waals surface area contributed by atoms with Crippen molar-refractivity contribution >= 4 is 39.9 Å². The fraction of sp³-hybridized carbons (Fsp3) is 0.136. The minimum Gasteiger partial charge on any atom is -0.366 e. The summed E-state index contributed by atoms with van der Waals surface area (Å²) in [5, 5.41) is 11.1. The molecular formula is C22H22N6S. The van der Waals surface area contributed by atoms with Crippen molar-refractivity contribution in [1.29, 1.82) is 0 Å². The summed E-state index contributed by atoms with van der Waals surface area (Å²) in [6.45, 7) is 2.12. The lowest BCUT2D eigenvalue weighted by Gasteiger charge is -2.15. The molecule has 0 aliphatic heterocycles. The van der Waals surface area contributed by atoms with E-state index in [2.05, 4.69) is 56.0 Å². The third-order valence-electron chi connectivity index (χ3n) is 4.76. The Balaban J connectivity index is 1.60. The monoisotopic (exact) mass is 402 g/mol. The highest BCUT2D eigenvalue weighted by atomic mass is 32.1. The molecule has 4 rings (SSSR count). The van der Waals surface area contributed by atoms with Crippen LogP contribution in [0, 0.1) is 0 Å². The molecular weight excluding hydrogens is 380 g/mol. The van der Waals surface area contributed by atoms with Crippen LogP contribution in [0.4, 0.5) is 11.5 Å². The smallest absolute Gasteiger partial charge is 0.170 e. The summed E-state index contributed by atoms with van der Waals surface area (Å²) < 4.78 is 0. The van der Waals surface area contributed by atoms with E-state index < -0.39 is 0 Å². The number of rotatable bonds is 5. The third kappa shape index (κ3) is 4.20. The van der Waals surface area contributed by atoms with Gasteiger partial charge in [-0.25, -0.2) is 9.97 Å². The first-order chi connectivity index (χ1) is 14.1. The van der Waals surface area contributed by atoms with E-state index in [1.54, 1.807) is 13.4 Å². The van der Waals surface area contributed by atoms with E-state index in [4.69, 9.17) is 12.2 Å². The minimum atomic E-state index is 0.133. The van der Waals surface area contributed by atoms with Gasteiger partial charge in [0.15, 0.2) is 5.11 Å². The summed E-state index contributed by atoms with van der Waals surface area (Å²) in [6.07, 6.45) is 1.58. The Morgan fingerprint density at radius 1 is 1.03 bits per heavy atom. The number of nitrogens with one attached hydrogen (secondary N) is 4. The second-order valence-corrected chi connectivity index (χ2v) is 7.13. The average Bonchev–Trinajstić information content (AvgIpc) is 3.20. The van der Waals surface area contributed by atoms with Crippen molar-refractivity contribution in [2.75, 3.05) is 17.7 Å². The topological polar surface area (TPSA) is 77.7 Å². The lowest BCUT2D eigenvalue weighted by molar-refractivity contribution is 0.876. The van der Waals surface area contributed by atoms with Crippen molar-refractivity contribution < 1.29 is 0 Å². The molecule has 2 aromatic carbocycles. The quantitative estimate of drug-likeness (QED) is 0.362. The van der Waals surface area contributed by atoms with Crippen LogP contribution in [0.1, 0.15) is 18.5 Å². The van der Waals surface area contributed by atoms with Gasteiger partial charge in [-0.1, -0.05) is 42.5 Å². The van der Waals surface area contributed by atoms with Crippen LogP contribution in [0.15, 0.2) is 67.0 Å². The van der Waals surface area contributed by atoms with Crippen molar-refractivity contribution in [3.05, 3.63) is 72.6 Å². The van der Waals surface area contributed by atoms with Crippen molar-refractivity contribution in [2.24, 2.45) is 0 Å². The van der Waals surface area contributed by atoms with Crippen LogP contribution in [0.25, 0.3) is 22.3 Å². The zero-order valence-corrected chi connectivity index (χ0v) is 17.0. The van der Waals surface area contributed by atoms with Crippen LogP contribution in [0.5, 0.6) is 0 Å². The lowest BCUT2D eigenvalue weighted by Crippen LogP contribution is -2.23. The number of H-pyrrole nitrogens is 1. The standard InChI is InChI=1S/C22H22N6S/c1-14(15-6-4-3-5-7-15)26-20-18-12-19(28-21(18)25-13-24-20)16-8-10-17(11-9-16)27-22(29)23-2/h3-14H,1-2H3,(H2,23,27,29)(H2,24,25,26,28)/t14-/m1/s1. The van der Waals surface area contributed by atoms with Crippen molar-refractivity contribution in [3.8, 4) is 11.3 Å². The molecule has 0 aliphatic rings. The van der Waals surface area contributed by atoms with Crippen LogP contribution in [-0.4, -0.2) is 27.1 Å². The van der Waals surface area contributed by atoms with E-state index in [0.717, 1.165) is 33.8 Å².